The zero-order chi connectivity index (χ0) is 13.7. The molecule has 5 atom stereocenters. The van der Waals surface area contributed by atoms with Crippen LogP contribution in [0.5, 0.6) is 5.75 Å². The monoisotopic (exact) mass is 271 g/mol. The van der Waals surface area contributed by atoms with Gasteiger partial charge in [0.05, 0.1) is 6.61 Å². The van der Waals surface area contributed by atoms with Crippen LogP contribution in [-0.4, -0.2) is 13.7 Å². The molecule has 0 saturated heterocycles. The van der Waals surface area contributed by atoms with Crippen LogP contribution >= 0.6 is 0 Å². The molecule has 0 amide bonds. The minimum Gasteiger partial charge on any atom is -0.494 e. The summed E-state index contributed by atoms with van der Waals surface area (Å²) >= 11 is 0. The smallest absolute Gasteiger partial charge is 0.119 e. The number of hydrogen-bond donors (Lipinski definition) is 1. The Bertz CT molecular complexity index is 467. The molecule has 0 spiro atoms. The molecule has 1 aromatic rings. The zero-order valence-electron chi connectivity index (χ0n) is 12.5. The lowest BCUT2D eigenvalue weighted by atomic mass is 9.93. The van der Waals surface area contributed by atoms with E-state index in [1.54, 1.807) is 0 Å². The summed E-state index contributed by atoms with van der Waals surface area (Å²) in [7, 11) is 2.12. The van der Waals surface area contributed by atoms with E-state index in [9.17, 15) is 0 Å². The Morgan fingerprint density at radius 2 is 1.80 bits per heavy atom. The molecule has 0 aliphatic heterocycles. The van der Waals surface area contributed by atoms with E-state index in [2.05, 4.69) is 36.6 Å². The van der Waals surface area contributed by atoms with Gasteiger partial charge in [-0.2, -0.15) is 0 Å². The average Bonchev–Trinajstić information content (AvgIpc) is 2.90. The fourth-order valence-electron chi connectivity index (χ4n) is 5.36. The highest BCUT2D eigenvalue weighted by molar-refractivity contribution is 5.32. The maximum atomic E-state index is 5.55. The topological polar surface area (TPSA) is 21.3 Å². The van der Waals surface area contributed by atoms with Crippen molar-refractivity contribution in [3.05, 3.63) is 29.8 Å². The number of hydrogen-bond acceptors (Lipinski definition) is 2. The normalized spacial score (nSPS) is 38.6. The lowest BCUT2D eigenvalue weighted by molar-refractivity contribution is 0.339. The maximum absolute atomic E-state index is 5.55. The highest BCUT2D eigenvalue weighted by atomic mass is 16.5. The quantitative estimate of drug-likeness (QED) is 0.883. The van der Waals surface area contributed by atoms with Crippen LogP contribution in [0.25, 0.3) is 0 Å². The van der Waals surface area contributed by atoms with Gasteiger partial charge in [-0.3, -0.25) is 0 Å². The van der Waals surface area contributed by atoms with Gasteiger partial charge in [0, 0.05) is 6.04 Å². The molecule has 3 aliphatic carbocycles. The first kappa shape index (κ1) is 12.7. The molecule has 20 heavy (non-hydrogen) atoms. The summed E-state index contributed by atoms with van der Waals surface area (Å²) in [6.45, 7) is 2.77. The lowest BCUT2D eigenvalue weighted by Gasteiger charge is -2.20. The standard InChI is InChI=1S/C18H25NO/c1-3-20-14-8-6-11(7-9-14)18(19-2)17-15-12-4-5-13(10-12)16(15)17/h6-9,12-13,15-19H,3-5,10H2,1-2H3. The molecule has 0 radical (unpaired) electrons. The molecule has 2 bridgehead atoms. The van der Waals surface area contributed by atoms with Crippen molar-refractivity contribution in [1.82, 2.24) is 5.32 Å². The van der Waals surface area contributed by atoms with E-state index in [0.717, 1.165) is 41.9 Å². The van der Waals surface area contributed by atoms with E-state index < -0.39 is 0 Å². The van der Waals surface area contributed by atoms with E-state index in [1.165, 1.54) is 24.8 Å². The number of fused-ring (bicyclic) bond motifs is 5. The average molecular weight is 271 g/mol. The molecule has 5 unspecified atom stereocenters. The Balaban J connectivity index is 1.51. The Morgan fingerprint density at radius 3 is 2.35 bits per heavy atom. The fraction of sp³-hybridized carbons (Fsp3) is 0.667. The van der Waals surface area contributed by atoms with Crippen molar-refractivity contribution in [3.63, 3.8) is 0 Å². The van der Waals surface area contributed by atoms with Crippen LogP contribution in [0.3, 0.4) is 0 Å². The third-order valence-electron chi connectivity index (χ3n) is 6.04. The molecule has 1 N–H and O–H groups in total. The molecule has 0 heterocycles. The molecule has 108 valence electrons. The number of nitrogens with one attached hydrogen (secondary N) is 1. The van der Waals surface area contributed by atoms with Gasteiger partial charge in [-0.05, 0) is 80.5 Å². The van der Waals surface area contributed by atoms with Crippen molar-refractivity contribution in [1.29, 1.82) is 0 Å². The highest BCUT2D eigenvalue weighted by Gasteiger charge is 2.66. The van der Waals surface area contributed by atoms with Crippen LogP contribution in [0.4, 0.5) is 0 Å². The molecule has 0 aromatic heterocycles. The van der Waals surface area contributed by atoms with Gasteiger partial charge in [0.1, 0.15) is 5.75 Å². The second-order valence-corrected chi connectivity index (χ2v) is 6.83. The van der Waals surface area contributed by atoms with Gasteiger partial charge in [0.15, 0.2) is 0 Å². The van der Waals surface area contributed by atoms with Gasteiger partial charge in [-0.1, -0.05) is 12.1 Å². The number of benzene rings is 1. The Hall–Kier alpha value is -1.02. The van der Waals surface area contributed by atoms with Crippen molar-refractivity contribution in [2.24, 2.45) is 29.6 Å². The van der Waals surface area contributed by atoms with E-state index in [1.807, 2.05) is 6.92 Å². The molecule has 4 rings (SSSR count). The third-order valence-corrected chi connectivity index (χ3v) is 6.04. The first-order chi connectivity index (χ1) is 9.83. The minimum atomic E-state index is 0.545. The van der Waals surface area contributed by atoms with Crippen LogP contribution in [0.2, 0.25) is 0 Å². The van der Waals surface area contributed by atoms with Crippen LogP contribution < -0.4 is 10.1 Å². The molecular formula is C18H25NO. The highest BCUT2D eigenvalue weighted by Crippen LogP contribution is 2.72. The van der Waals surface area contributed by atoms with Crippen molar-refractivity contribution < 1.29 is 4.74 Å². The summed E-state index contributed by atoms with van der Waals surface area (Å²) in [6.07, 6.45) is 4.54. The van der Waals surface area contributed by atoms with Crippen molar-refractivity contribution in [2.75, 3.05) is 13.7 Å². The van der Waals surface area contributed by atoms with Crippen LogP contribution in [-0.2, 0) is 0 Å². The van der Waals surface area contributed by atoms with Crippen LogP contribution in [0.1, 0.15) is 37.8 Å². The second kappa shape index (κ2) is 4.77. The predicted molar refractivity (Wildman–Crippen MR) is 80.7 cm³/mol. The maximum Gasteiger partial charge on any atom is 0.119 e. The Morgan fingerprint density at radius 1 is 1.15 bits per heavy atom. The summed E-state index contributed by atoms with van der Waals surface area (Å²) in [4.78, 5) is 0. The first-order valence-electron chi connectivity index (χ1n) is 8.23. The number of ether oxygens (including phenoxy) is 1. The van der Waals surface area contributed by atoms with Gasteiger partial charge < -0.3 is 10.1 Å². The molecular weight excluding hydrogens is 246 g/mol. The fourth-order valence-corrected chi connectivity index (χ4v) is 5.36. The van der Waals surface area contributed by atoms with Gasteiger partial charge >= 0.3 is 0 Å². The minimum absolute atomic E-state index is 0.545. The van der Waals surface area contributed by atoms with E-state index >= 15 is 0 Å². The summed E-state index contributed by atoms with van der Waals surface area (Å²) in [5, 5.41) is 3.59. The van der Waals surface area contributed by atoms with Gasteiger partial charge in [0.2, 0.25) is 0 Å². The Kier molecular flexibility index (Phi) is 3.03. The molecule has 2 heteroatoms. The first-order valence-corrected chi connectivity index (χ1v) is 8.23. The predicted octanol–water partition coefficient (Wildman–Crippen LogP) is 3.64. The summed E-state index contributed by atoms with van der Waals surface area (Å²) in [5.41, 5.74) is 1.44. The van der Waals surface area contributed by atoms with Gasteiger partial charge in [-0.25, -0.2) is 0 Å². The molecule has 3 saturated carbocycles. The van der Waals surface area contributed by atoms with Crippen molar-refractivity contribution in [3.8, 4) is 5.75 Å². The molecule has 2 nitrogen and oxygen atoms in total. The van der Waals surface area contributed by atoms with Crippen molar-refractivity contribution >= 4 is 0 Å². The van der Waals surface area contributed by atoms with Crippen LogP contribution in [0, 0.1) is 29.6 Å². The second-order valence-electron chi connectivity index (χ2n) is 6.83. The third kappa shape index (κ3) is 1.81. The lowest BCUT2D eigenvalue weighted by Crippen LogP contribution is -2.21. The Labute approximate surface area is 121 Å². The van der Waals surface area contributed by atoms with E-state index in [0.29, 0.717) is 6.04 Å². The largest absolute Gasteiger partial charge is 0.494 e. The van der Waals surface area contributed by atoms with Gasteiger partial charge in [0.25, 0.3) is 0 Å². The summed E-state index contributed by atoms with van der Waals surface area (Å²) < 4.78 is 5.55. The number of rotatable bonds is 5. The summed E-state index contributed by atoms with van der Waals surface area (Å²) in [5.74, 6) is 6.03. The van der Waals surface area contributed by atoms with Gasteiger partial charge in [-0.15, -0.1) is 0 Å². The molecule has 3 fully saturated rings. The molecule has 1 aromatic carbocycles. The van der Waals surface area contributed by atoms with E-state index in [-0.39, 0.29) is 0 Å². The SMILES string of the molecule is CCOc1ccc(C(NC)C2C3C4CCC(C4)C32)cc1. The molecule has 3 aliphatic rings. The zero-order valence-corrected chi connectivity index (χ0v) is 12.5. The van der Waals surface area contributed by atoms with Crippen molar-refractivity contribution in [2.45, 2.75) is 32.2 Å². The van der Waals surface area contributed by atoms with Crippen LogP contribution in [0.15, 0.2) is 24.3 Å². The van der Waals surface area contributed by atoms with E-state index in [4.69, 9.17) is 4.74 Å². The summed E-state index contributed by atoms with van der Waals surface area (Å²) in [6, 6.07) is 9.29.